The minimum atomic E-state index is -1.03. The molecule has 1 saturated carbocycles. The van der Waals surface area contributed by atoms with Gasteiger partial charge in [0.1, 0.15) is 0 Å². The molecule has 0 saturated heterocycles. The fourth-order valence-corrected chi connectivity index (χ4v) is 1.49. The van der Waals surface area contributed by atoms with Crippen LogP contribution in [0.3, 0.4) is 0 Å². The lowest BCUT2D eigenvalue weighted by molar-refractivity contribution is -0.142. The van der Waals surface area contributed by atoms with Crippen LogP contribution >= 0.6 is 0 Å². The normalized spacial score (nSPS) is 18.4. The van der Waals surface area contributed by atoms with Gasteiger partial charge in [-0.3, -0.25) is 9.59 Å². The largest absolute Gasteiger partial charge is 0.481 e. The maximum atomic E-state index is 11.6. The van der Waals surface area contributed by atoms with Crippen LogP contribution in [0.15, 0.2) is 0 Å². The highest BCUT2D eigenvalue weighted by atomic mass is 16.4. The maximum absolute atomic E-state index is 11.6. The zero-order valence-corrected chi connectivity index (χ0v) is 8.27. The zero-order chi connectivity index (χ0) is 10.7. The van der Waals surface area contributed by atoms with Crippen LogP contribution in [0, 0.1) is 0 Å². The lowest BCUT2D eigenvalue weighted by Crippen LogP contribution is -2.49. The lowest BCUT2D eigenvalue weighted by atomic mass is 9.91. The molecule has 1 unspecified atom stereocenters. The Balaban J connectivity index is 2.42. The quantitative estimate of drug-likeness (QED) is 0.658. The van der Waals surface area contributed by atoms with Crippen LogP contribution in [0.4, 0.5) is 0 Å². The Bertz CT molecular complexity index is 238. The van der Waals surface area contributed by atoms with Crippen LogP contribution in [-0.2, 0) is 9.59 Å². The van der Waals surface area contributed by atoms with Gasteiger partial charge < -0.3 is 15.7 Å². The first kappa shape index (κ1) is 11.0. The highest BCUT2D eigenvalue weighted by Gasteiger charge is 2.29. The summed E-state index contributed by atoms with van der Waals surface area (Å²) in [6.07, 6.45) is 2.84. The fraction of sp³-hybridized carbons (Fsp3) is 0.778. The van der Waals surface area contributed by atoms with Crippen LogP contribution in [-0.4, -0.2) is 41.0 Å². The van der Waals surface area contributed by atoms with Crippen LogP contribution in [0.5, 0.6) is 0 Å². The number of likely N-dealkylation sites (N-methyl/N-ethyl adjacent to an activating group) is 1. The number of carbonyl (C=O) groups excluding carboxylic acids is 1. The highest BCUT2D eigenvalue weighted by Crippen LogP contribution is 2.23. The monoisotopic (exact) mass is 200 g/mol. The molecule has 1 atom stereocenters. The van der Waals surface area contributed by atoms with Gasteiger partial charge in [-0.25, -0.2) is 0 Å². The molecular formula is C9H16N2O3. The Morgan fingerprint density at radius 3 is 2.50 bits per heavy atom. The van der Waals surface area contributed by atoms with Crippen LogP contribution in [0.25, 0.3) is 0 Å². The van der Waals surface area contributed by atoms with Crippen molar-refractivity contribution in [1.29, 1.82) is 0 Å². The predicted molar refractivity (Wildman–Crippen MR) is 50.6 cm³/mol. The molecule has 0 aromatic rings. The predicted octanol–water partition coefficient (Wildman–Crippen LogP) is -0.201. The summed E-state index contributed by atoms with van der Waals surface area (Å²) in [5.74, 6) is -1.30. The first-order chi connectivity index (χ1) is 6.52. The molecule has 14 heavy (non-hydrogen) atoms. The van der Waals surface area contributed by atoms with Gasteiger partial charge in [-0.1, -0.05) is 0 Å². The van der Waals surface area contributed by atoms with Gasteiger partial charge in [-0.2, -0.15) is 0 Å². The number of carbonyl (C=O) groups is 2. The standard InChI is InChI=1S/C9H16N2O3/c1-11(6-3-2-4-6)9(14)7(10)5-8(12)13/h6-7H,2-5,10H2,1H3,(H,12,13). The van der Waals surface area contributed by atoms with Crippen molar-refractivity contribution in [2.75, 3.05) is 7.05 Å². The number of hydrogen-bond donors (Lipinski definition) is 2. The van der Waals surface area contributed by atoms with Crippen LogP contribution in [0.2, 0.25) is 0 Å². The van der Waals surface area contributed by atoms with Gasteiger partial charge >= 0.3 is 5.97 Å². The van der Waals surface area contributed by atoms with Gasteiger partial charge in [0, 0.05) is 13.1 Å². The van der Waals surface area contributed by atoms with E-state index in [1.165, 1.54) is 0 Å². The summed E-state index contributed by atoms with van der Waals surface area (Å²) in [4.78, 5) is 23.5. The molecule has 0 aromatic carbocycles. The van der Waals surface area contributed by atoms with Crippen molar-refractivity contribution >= 4 is 11.9 Å². The molecule has 1 amide bonds. The lowest BCUT2D eigenvalue weighted by Gasteiger charge is -2.35. The van der Waals surface area contributed by atoms with E-state index in [1.54, 1.807) is 11.9 Å². The van der Waals surface area contributed by atoms with Gasteiger partial charge in [-0.15, -0.1) is 0 Å². The molecule has 1 aliphatic carbocycles. The van der Waals surface area contributed by atoms with Crippen molar-refractivity contribution in [1.82, 2.24) is 4.90 Å². The third-order valence-electron chi connectivity index (χ3n) is 2.68. The molecule has 0 aliphatic heterocycles. The summed E-state index contributed by atoms with van der Waals surface area (Å²) in [5, 5.41) is 8.47. The van der Waals surface area contributed by atoms with E-state index in [4.69, 9.17) is 10.8 Å². The second-order valence-corrected chi connectivity index (χ2v) is 3.74. The molecule has 3 N–H and O–H groups in total. The molecule has 1 rings (SSSR count). The minimum Gasteiger partial charge on any atom is -0.481 e. The number of hydrogen-bond acceptors (Lipinski definition) is 3. The topological polar surface area (TPSA) is 83.6 Å². The third kappa shape index (κ3) is 2.45. The molecule has 0 radical (unpaired) electrons. The molecule has 0 aromatic heterocycles. The molecular weight excluding hydrogens is 184 g/mol. The van der Waals surface area contributed by atoms with Gasteiger partial charge in [0.2, 0.25) is 5.91 Å². The molecule has 5 nitrogen and oxygen atoms in total. The van der Waals surface area contributed by atoms with E-state index in [1.807, 2.05) is 0 Å². The number of amides is 1. The summed E-state index contributed by atoms with van der Waals surface area (Å²) in [6.45, 7) is 0. The summed E-state index contributed by atoms with van der Waals surface area (Å²) in [5.41, 5.74) is 5.46. The second-order valence-electron chi connectivity index (χ2n) is 3.74. The summed E-state index contributed by atoms with van der Waals surface area (Å²) < 4.78 is 0. The Hall–Kier alpha value is -1.10. The average molecular weight is 200 g/mol. The second kappa shape index (κ2) is 4.41. The third-order valence-corrected chi connectivity index (χ3v) is 2.68. The molecule has 0 heterocycles. The summed E-state index contributed by atoms with van der Waals surface area (Å²) >= 11 is 0. The van der Waals surface area contributed by atoms with E-state index in [-0.39, 0.29) is 18.4 Å². The van der Waals surface area contributed by atoms with Crippen molar-refractivity contribution in [2.24, 2.45) is 5.73 Å². The summed E-state index contributed by atoms with van der Waals surface area (Å²) in [7, 11) is 1.69. The number of aliphatic carboxylic acids is 1. The van der Waals surface area contributed by atoms with Gasteiger partial charge in [-0.05, 0) is 19.3 Å². The van der Waals surface area contributed by atoms with E-state index in [0.717, 1.165) is 19.3 Å². The van der Waals surface area contributed by atoms with Gasteiger partial charge in [0.15, 0.2) is 0 Å². The smallest absolute Gasteiger partial charge is 0.305 e. The van der Waals surface area contributed by atoms with Crippen molar-refractivity contribution < 1.29 is 14.7 Å². The molecule has 0 bridgehead atoms. The number of carboxylic acid groups (broad SMARTS) is 1. The number of nitrogens with two attached hydrogens (primary N) is 1. The highest BCUT2D eigenvalue weighted by molar-refractivity contribution is 5.86. The Morgan fingerprint density at radius 2 is 2.14 bits per heavy atom. The summed E-state index contributed by atoms with van der Waals surface area (Å²) in [6, 6.07) is -0.638. The van der Waals surface area contributed by atoms with E-state index in [9.17, 15) is 9.59 Å². The Labute approximate surface area is 82.9 Å². The minimum absolute atomic E-state index is 0.266. The Kier molecular flexibility index (Phi) is 3.46. The first-order valence-electron chi connectivity index (χ1n) is 4.76. The van der Waals surface area contributed by atoms with Crippen molar-refractivity contribution in [3.63, 3.8) is 0 Å². The van der Waals surface area contributed by atoms with Gasteiger partial charge in [0.05, 0.1) is 12.5 Å². The van der Waals surface area contributed by atoms with Crippen molar-refractivity contribution in [3.8, 4) is 0 Å². The SMILES string of the molecule is CN(C(=O)C(N)CC(=O)O)C1CCC1. The van der Waals surface area contributed by atoms with Crippen molar-refractivity contribution in [3.05, 3.63) is 0 Å². The number of rotatable bonds is 4. The number of carboxylic acids is 1. The fourth-order valence-electron chi connectivity index (χ4n) is 1.49. The van der Waals surface area contributed by atoms with Crippen molar-refractivity contribution in [2.45, 2.75) is 37.8 Å². The molecule has 0 spiro atoms. The molecule has 5 heteroatoms. The van der Waals surface area contributed by atoms with Crippen LogP contribution in [0.1, 0.15) is 25.7 Å². The molecule has 1 fully saturated rings. The Morgan fingerprint density at radius 1 is 1.57 bits per heavy atom. The van der Waals surface area contributed by atoms with Gasteiger partial charge in [0.25, 0.3) is 0 Å². The molecule has 1 aliphatic rings. The molecule has 80 valence electrons. The first-order valence-corrected chi connectivity index (χ1v) is 4.76. The average Bonchev–Trinajstić information content (AvgIpc) is 1.98. The number of nitrogens with zero attached hydrogens (tertiary/aromatic N) is 1. The van der Waals surface area contributed by atoms with E-state index in [2.05, 4.69) is 0 Å². The maximum Gasteiger partial charge on any atom is 0.305 e. The zero-order valence-electron chi connectivity index (χ0n) is 8.27. The van der Waals surface area contributed by atoms with E-state index in [0.29, 0.717) is 0 Å². The van der Waals surface area contributed by atoms with E-state index < -0.39 is 12.0 Å². The van der Waals surface area contributed by atoms with E-state index >= 15 is 0 Å². The van der Waals surface area contributed by atoms with Crippen LogP contribution < -0.4 is 5.73 Å².